The molecule has 0 aliphatic carbocycles. The average molecular weight is 445 g/mol. The second-order valence-electron chi connectivity index (χ2n) is 7.90. The molecule has 2 N–H and O–H groups in total. The fourth-order valence-electron chi connectivity index (χ4n) is 4.05. The number of hydrogen-bond acceptors (Lipinski definition) is 3. The highest BCUT2D eigenvalue weighted by Crippen LogP contribution is 2.25. The summed E-state index contributed by atoms with van der Waals surface area (Å²) in [7, 11) is -3.82. The monoisotopic (exact) mass is 444 g/mol. The Morgan fingerprint density at radius 3 is 2.50 bits per heavy atom. The number of anilines is 1. The van der Waals surface area contributed by atoms with Crippen LogP contribution in [-0.4, -0.2) is 36.6 Å². The third-order valence-corrected chi connectivity index (χ3v) is 7.11. The van der Waals surface area contributed by atoms with E-state index in [0.717, 1.165) is 28.6 Å². The zero-order valence-electron chi connectivity index (χ0n) is 17.5. The smallest absolute Gasteiger partial charge is 0.350 e. The van der Waals surface area contributed by atoms with E-state index in [2.05, 4.69) is 15.8 Å². The Balaban J connectivity index is 1.48. The van der Waals surface area contributed by atoms with Gasteiger partial charge in [0.2, 0.25) is 0 Å². The molecular formula is C25H22N3O3S+. The summed E-state index contributed by atoms with van der Waals surface area (Å²) in [4.78, 5) is 16.9. The average Bonchev–Trinajstić information content (AvgIpc) is 3.17. The predicted octanol–water partition coefficient (Wildman–Crippen LogP) is 4.11. The molecule has 0 atom stereocenters. The summed E-state index contributed by atoms with van der Waals surface area (Å²) >= 11 is 0. The number of nitrogens with one attached hydrogen (secondary N) is 2. The third-order valence-electron chi connectivity index (χ3n) is 5.73. The molecule has 0 bridgehead atoms. The van der Waals surface area contributed by atoms with Gasteiger partial charge in [-0.1, -0.05) is 48.0 Å². The summed E-state index contributed by atoms with van der Waals surface area (Å²) in [5, 5.41) is 1.16. The summed E-state index contributed by atoms with van der Waals surface area (Å²) in [6.07, 6.45) is 2.53. The van der Waals surface area contributed by atoms with Crippen LogP contribution in [0.3, 0.4) is 0 Å². The maximum Gasteiger partial charge on any atom is 0.421 e. The van der Waals surface area contributed by atoms with Gasteiger partial charge in [0, 0.05) is 17.3 Å². The largest absolute Gasteiger partial charge is 0.421 e. The summed E-state index contributed by atoms with van der Waals surface area (Å²) in [5.41, 5.74) is 4.67. The number of amides is 1. The molecule has 1 aromatic heterocycles. The van der Waals surface area contributed by atoms with Crippen LogP contribution in [0.15, 0.2) is 77.7 Å². The molecule has 1 aliphatic heterocycles. The number of aromatic nitrogens is 1. The van der Waals surface area contributed by atoms with Crippen molar-refractivity contribution in [3.63, 3.8) is 0 Å². The molecule has 0 saturated heterocycles. The Bertz CT molecular complexity index is 1480. The normalized spacial score (nSPS) is 13.5. The van der Waals surface area contributed by atoms with Crippen LogP contribution in [0.1, 0.15) is 27.2 Å². The Morgan fingerprint density at radius 2 is 1.69 bits per heavy atom. The quantitative estimate of drug-likeness (QED) is 0.465. The highest BCUT2D eigenvalue weighted by molar-refractivity contribution is 7.92. The van der Waals surface area contributed by atoms with Crippen LogP contribution in [0.4, 0.5) is 5.69 Å². The molecule has 0 unspecified atom stereocenters. The van der Waals surface area contributed by atoms with Gasteiger partial charge in [-0.05, 0) is 42.8 Å². The van der Waals surface area contributed by atoms with Crippen molar-refractivity contribution in [2.45, 2.75) is 18.2 Å². The van der Waals surface area contributed by atoms with Crippen molar-refractivity contribution >= 4 is 38.7 Å². The molecule has 7 heteroatoms. The first-order valence-corrected chi connectivity index (χ1v) is 11.8. The number of fused-ring (bicyclic) bond motifs is 3. The molecule has 0 spiro atoms. The molecule has 32 heavy (non-hydrogen) atoms. The van der Waals surface area contributed by atoms with Crippen molar-refractivity contribution in [2.75, 3.05) is 11.3 Å². The van der Waals surface area contributed by atoms with E-state index in [4.69, 9.17) is 0 Å². The van der Waals surface area contributed by atoms with Crippen LogP contribution in [0, 0.1) is 6.92 Å². The Labute approximate surface area is 186 Å². The van der Waals surface area contributed by atoms with Crippen LogP contribution >= 0.6 is 0 Å². The molecule has 0 saturated carbocycles. The van der Waals surface area contributed by atoms with Crippen molar-refractivity contribution in [3.05, 3.63) is 95.2 Å². The first-order chi connectivity index (χ1) is 15.4. The molecule has 160 valence electrons. The lowest BCUT2D eigenvalue weighted by atomic mass is 10.0. The van der Waals surface area contributed by atoms with Gasteiger partial charge in [-0.25, -0.2) is 13.2 Å². The maximum atomic E-state index is 13.4. The summed E-state index contributed by atoms with van der Waals surface area (Å²) in [5.74, 6) is -0.253. The second kappa shape index (κ2) is 7.76. The Hall–Kier alpha value is -3.71. The topological polar surface area (TPSA) is 82.0 Å². The number of rotatable bonds is 4. The van der Waals surface area contributed by atoms with E-state index >= 15 is 0 Å². The number of para-hydroxylation sites is 2. The minimum Gasteiger partial charge on any atom is -0.350 e. The van der Waals surface area contributed by atoms with Crippen LogP contribution in [0.5, 0.6) is 0 Å². The number of aromatic amines is 1. The van der Waals surface area contributed by atoms with E-state index < -0.39 is 10.0 Å². The molecule has 0 fully saturated rings. The van der Waals surface area contributed by atoms with Crippen LogP contribution in [0.2, 0.25) is 0 Å². The number of nitrogens with zero attached hydrogens (tertiary/aromatic N) is 1. The SMILES string of the molecule is Cc1ccc(S(=O)(=O)Nc2ccccc2C(=O)[N+]2=Cc3[nH]c4ccccc4c3CC2)cc1. The van der Waals surface area contributed by atoms with Gasteiger partial charge in [-0.3, -0.25) is 4.72 Å². The molecule has 5 rings (SSSR count). The van der Waals surface area contributed by atoms with E-state index in [1.54, 1.807) is 53.1 Å². The first-order valence-electron chi connectivity index (χ1n) is 10.4. The first kappa shape index (κ1) is 20.2. The third kappa shape index (κ3) is 3.61. The standard InChI is InChI=1S/C25H21N3O3S/c1-17-10-12-18(13-11-17)32(30,31)27-23-9-5-3-7-21(23)25(29)28-15-14-20-19-6-2-4-8-22(19)26-24(20)16-28/h2-13,16H,14-15H2,1H3,(H,27,29)/p+1. The number of benzene rings is 3. The van der Waals surface area contributed by atoms with Gasteiger partial charge in [0.05, 0.1) is 10.6 Å². The molecule has 4 aromatic rings. The second-order valence-corrected chi connectivity index (χ2v) is 9.59. The van der Waals surface area contributed by atoms with Crippen LogP contribution < -0.4 is 4.72 Å². The fraction of sp³-hybridized carbons (Fsp3) is 0.120. The van der Waals surface area contributed by atoms with Gasteiger partial charge in [0.1, 0.15) is 11.3 Å². The molecule has 2 heterocycles. The fourth-order valence-corrected chi connectivity index (χ4v) is 5.13. The summed E-state index contributed by atoms with van der Waals surface area (Å²) in [6, 6.07) is 21.4. The Morgan fingerprint density at radius 1 is 0.969 bits per heavy atom. The van der Waals surface area contributed by atoms with Gasteiger partial charge < -0.3 is 4.98 Å². The van der Waals surface area contributed by atoms with Crippen LogP contribution in [-0.2, 0) is 16.4 Å². The molecule has 6 nitrogen and oxygen atoms in total. The molecule has 1 amide bonds. The number of hydrogen-bond donors (Lipinski definition) is 2. The maximum absolute atomic E-state index is 13.4. The highest BCUT2D eigenvalue weighted by Gasteiger charge is 2.29. The van der Waals surface area contributed by atoms with E-state index in [1.807, 2.05) is 31.3 Å². The molecular weight excluding hydrogens is 422 g/mol. The predicted molar refractivity (Wildman–Crippen MR) is 125 cm³/mol. The number of H-pyrrole nitrogens is 1. The number of aryl methyl sites for hydroxylation is 1. The number of carbonyl (C=O) groups excluding carboxylic acids is 1. The van der Waals surface area contributed by atoms with Crippen molar-refractivity contribution in [2.24, 2.45) is 0 Å². The lowest BCUT2D eigenvalue weighted by molar-refractivity contribution is -0.424. The lowest BCUT2D eigenvalue weighted by Gasteiger charge is -2.12. The number of sulfonamides is 1. The molecule has 0 radical (unpaired) electrons. The minimum absolute atomic E-state index is 0.151. The van der Waals surface area contributed by atoms with E-state index in [9.17, 15) is 13.2 Å². The van der Waals surface area contributed by atoms with Crippen molar-refractivity contribution in [1.82, 2.24) is 4.98 Å². The van der Waals surface area contributed by atoms with Gasteiger partial charge in [-0.15, -0.1) is 0 Å². The van der Waals surface area contributed by atoms with Gasteiger partial charge in [0.25, 0.3) is 10.0 Å². The van der Waals surface area contributed by atoms with Gasteiger partial charge in [0.15, 0.2) is 12.8 Å². The summed E-state index contributed by atoms with van der Waals surface area (Å²) in [6.45, 7) is 2.41. The minimum atomic E-state index is -3.82. The zero-order valence-corrected chi connectivity index (χ0v) is 18.3. The Kier molecular flexibility index (Phi) is 4.90. The van der Waals surface area contributed by atoms with Crippen molar-refractivity contribution in [3.8, 4) is 0 Å². The van der Waals surface area contributed by atoms with Crippen molar-refractivity contribution < 1.29 is 17.8 Å². The van der Waals surface area contributed by atoms with Gasteiger partial charge in [-0.2, -0.15) is 4.58 Å². The zero-order chi connectivity index (χ0) is 22.3. The van der Waals surface area contributed by atoms with Crippen LogP contribution in [0.25, 0.3) is 10.9 Å². The lowest BCUT2D eigenvalue weighted by Crippen LogP contribution is -2.29. The highest BCUT2D eigenvalue weighted by atomic mass is 32.2. The van der Waals surface area contributed by atoms with Gasteiger partial charge >= 0.3 is 5.91 Å². The van der Waals surface area contributed by atoms with E-state index in [1.165, 1.54) is 5.56 Å². The molecule has 1 aliphatic rings. The number of carbonyl (C=O) groups is 1. The van der Waals surface area contributed by atoms with E-state index in [-0.39, 0.29) is 16.5 Å². The van der Waals surface area contributed by atoms with Crippen molar-refractivity contribution in [1.29, 1.82) is 0 Å². The van der Waals surface area contributed by atoms with E-state index in [0.29, 0.717) is 12.1 Å². The molecule has 3 aromatic carbocycles. The summed E-state index contributed by atoms with van der Waals surface area (Å²) < 4.78 is 30.0.